The Morgan fingerprint density at radius 3 is 2.26 bits per heavy atom. The van der Waals surface area contributed by atoms with Crippen LogP contribution in [0, 0.1) is 0 Å². The van der Waals surface area contributed by atoms with Crippen molar-refractivity contribution in [3.63, 3.8) is 0 Å². The minimum Gasteiger partial charge on any atom is -0.444 e. The Balaban J connectivity index is 1.19. The topological polar surface area (TPSA) is 102 Å². The number of amides is 4. The van der Waals surface area contributed by atoms with E-state index in [1.54, 1.807) is 32.9 Å². The van der Waals surface area contributed by atoms with Crippen LogP contribution in [-0.4, -0.2) is 88.9 Å². The third kappa shape index (κ3) is 8.41. The highest BCUT2D eigenvalue weighted by molar-refractivity contribution is 6.30. The van der Waals surface area contributed by atoms with E-state index in [9.17, 15) is 19.2 Å². The summed E-state index contributed by atoms with van der Waals surface area (Å²) in [5.41, 5.74) is 4.23. The Kier molecular flexibility index (Phi) is 10.7. The summed E-state index contributed by atoms with van der Waals surface area (Å²) < 4.78 is 5.72. The molecule has 3 aliphatic heterocycles. The molecule has 0 spiro atoms. The predicted molar refractivity (Wildman–Crippen MR) is 193 cm³/mol. The molecule has 3 aromatic carbocycles. The number of hydrogen-bond donors (Lipinski definition) is 1. The van der Waals surface area contributed by atoms with Crippen LogP contribution in [0.2, 0.25) is 5.02 Å². The van der Waals surface area contributed by atoms with E-state index in [1.165, 1.54) is 4.90 Å². The maximum absolute atomic E-state index is 14.3. The molecule has 0 unspecified atom stereocenters. The number of hydrogen-bond acceptors (Lipinski definition) is 6. The molecular formula is C39H46ClN5O5. The second-order valence-electron chi connectivity index (χ2n) is 14.3. The summed E-state index contributed by atoms with van der Waals surface area (Å²) in [6, 6.07) is 21.5. The van der Waals surface area contributed by atoms with Gasteiger partial charge in [0.2, 0.25) is 17.7 Å². The van der Waals surface area contributed by atoms with Crippen LogP contribution >= 0.6 is 11.6 Å². The zero-order valence-electron chi connectivity index (χ0n) is 29.1. The van der Waals surface area contributed by atoms with E-state index in [0.29, 0.717) is 50.6 Å². The molecule has 0 bridgehead atoms. The van der Waals surface area contributed by atoms with Crippen LogP contribution in [0.25, 0.3) is 0 Å². The Hall–Kier alpha value is -4.57. The average Bonchev–Trinajstić information content (AvgIpc) is 3.51. The van der Waals surface area contributed by atoms with E-state index in [1.807, 2.05) is 58.3 Å². The number of ether oxygens (including phenoxy) is 1. The van der Waals surface area contributed by atoms with Crippen molar-refractivity contribution in [2.24, 2.45) is 0 Å². The first-order chi connectivity index (χ1) is 23.9. The molecule has 2 saturated heterocycles. The van der Waals surface area contributed by atoms with Gasteiger partial charge in [-0.15, -0.1) is 0 Å². The van der Waals surface area contributed by atoms with Crippen molar-refractivity contribution in [2.45, 2.75) is 77.2 Å². The first-order valence-electron chi connectivity index (χ1n) is 17.5. The molecule has 6 rings (SSSR count). The highest BCUT2D eigenvalue weighted by Crippen LogP contribution is 2.28. The van der Waals surface area contributed by atoms with Crippen LogP contribution in [0.4, 0.5) is 10.5 Å². The molecule has 0 radical (unpaired) electrons. The summed E-state index contributed by atoms with van der Waals surface area (Å²) in [4.78, 5) is 61.7. The van der Waals surface area contributed by atoms with Gasteiger partial charge < -0.3 is 24.8 Å². The van der Waals surface area contributed by atoms with Crippen molar-refractivity contribution in [2.75, 3.05) is 37.6 Å². The van der Waals surface area contributed by atoms with Gasteiger partial charge >= 0.3 is 6.09 Å². The third-order valence-corrected chi connectivity index (χ3v) is 9.86. The zero-order chi connectivity index (χ0) is 35.4. The number of likely N-dealkylation sites (tertiary alicyclic amines) is 1. The van der Waals surface area contributed by atoms with Crippen LogP contribution in [0.3, 0.4) is 0 Å². The Morgan fingerprint density at radius 1 is 0.900 bits per heavy atom. The van der Waals surface area contributed by atoms with Gasteiger partial charge in [-0.3, -0.25) is 19.3 Å². The monoisotopic (exact) mass is 699 g/mol. The lowest BCUT2D eigenvalue weighted by Gasteiger charge is -2.40. The lowest BCUT2D eigenvalue weighted by atomic mass is 9.93. The molecule has 3 aliphatic rings. The van der Waals surface area contributed by atoms with Gasteiger partial charge in [-0.2, -0.15) is 0 Å². The molecule has 3 heterocycles. The highest BCUT2D eigenvalue weighted by Gasteiger charge is 2.39. The van der Waals surface area contributed by atoms with Gasteiger partial charge in [-0.1, -0.05) is 66.2 Å². The molecule has 0 saturated carbocycles. The lowest BCUT2D eigenvalue weighted by molar-refractivity contribution is -0.138. The van der Waals surface area contributed by atoms with E-state index in [2.05, 4.69) is 22.3 Å². The first-order valence-corrected chi connectivity index (χ1v) is 17.8. The molecule has 2 fully saturated rings. The molecule has 11 heteroatoms. The summed E-state index contributed by atoms with van der Waals surface area (Å²) >= 11 is 6.16. The summed E-state index contributed by atoms with van der Waals surface area (Å²) in [5.74, 6) is -0.388. The van der Waals surface area contributed by atoms with Crippen molar-refractivity contribution in [3.8, 4) is 0 Å². The number of carbonyl (C=O) groups excluding carboxylic acids is 4. The Morgan fingerprint density at radius 2 is 1.58 bits per heavy atom. The summed E-state index contributed by atoms with van der Waals surface area (Å²) in [7, 11) is 0. The number of rotatable bonds is 8. The standard InChI is InChI=1S/C39H46ClN5O5/c1-39(2,3)50-38(49)45-26-29-10-5-4-9-28(29)24-34(45)36(47)41-32(23-27-14-16-31(40)17-15-27)37(48)43-21-19-42(20-22-43)33-12-7-6-11-30(33)25-44-18-8-13-35(44)46/h4-7,9-12,14-17,32,34H,8,13,18-26H2,1-3H3,(H,41,47)/t32-,34-/m1/s1. The lowest BCUT2D eigenvalue weighted by Crippen LogP contribution is -2.59. The largest absolute Gasteiger partial charge is 0.444 e. The minimum absolute atomic E-state index is 0.177. The second kappa shape index (κ2) is 15.1. The maximum Gasteiger partial charge on any atom is 0.411 e. The van der Waals surface area contributed by atoms with Gasteiger partial charge in [0.05, 0.1) is 6.54 Å². The van der Waals surface area contributed by atoms with E-state index in [-0.39, 0.29) is 24.8 Å². The summed E-state index contributed by atoms with van der Waals surface area (Å²) in [6.07, 6.45) is 1.50. The average molecular weight is 700 g/mol. The molecule has 4 amide bonds. The second-order valence-corrected chi connectivity index (χ2v) is 14.8. The van der Waals surface area contributed by atoms with Crippen molar-refractivity contribution in [1.29, 1.82) is 0 Å². The molecule has 10 nitrogen and oxygen atoms in total. The molecule has 1 N–H and O–H groups in total. The predicted octanol–water partition coefficient (Wildman–Crippen LogP) is 5.20. The van der Waals surface area contributed by atoms with Gasteiger partial charge in [0, 0.05) is 69.2 Å². The Labute approximate surface area is 299 Å². The zero-order valence-corrected chi connectivity index (χ0v) is 29.8. The number of halogens is 1. The number of nitrogens with zero attached hydrogens (tertiary/aromatic N) is 4. The molecule has 50 heavy (non-hydrogen) atoms. The number of piperazine rings is 1. The smallest absolute Gasteiger partial charge is 0.411 e. The van der Waals surface area contributed by atoms with Crippen LogP contribution < -0.4 is 10.2 Å². The fraction of sp³-hybridized carbons (Fsp3) is 0.436. The van der Waals surface area contributed by atoms with E-state index in [0.717, 1.165) is 40.9 Å². The minimum atomic E-state index is -0.860. The number of anilines is 1. The van der Waals surface area contributed by atoms with E-state index >= 15 is 0 Å². The van der Waals surface area contributed by atoms with Gasteiger partial charge in [0.1, 0.15) is 17.7 Å². The Bertz CT molecular complexity index is 1720. The van der Waals surface area contributed by atoms with Crippen molar-refractivity contribution in [3.05, 3.63) is 100 Å². The van der Waals surface area contributed by atoms with Crippen LogP contribution in [0.15, 0.2) is 72.8 Å². The SMILES string of the molecule is CC(C)(C)OC(=O)N1Cc2ccccc2C[C@@H]1C(=O)N[C@H](Cc1ccc(Cl)cc1)C(=O)N1CCN(c2ccccc2CN2CCCC2=O)CC1. The van der Waals surface area contributed by atoms with Crippen LogP contribution in [0.1, 0.15) is 55.9 Å². The number of fused-ring (bicyclic) bond motifs is 1. The summed E-state index contributed by atoms with van der Waals surface area (Å²) in [5, 5.41) is 3.64. The molecule has 264 valence electrons. The maximum atomic E-state index is 14.3. The highest BCUT2D eigenvalue weighted by atomic mass is 35.5. The number of carbonyl (C=O) groups is 4. The van der Waals surface area contributed by atoms with Crippen molar-refractivity contribution >= 4 is 41.1 Å². The fourth-order valence-corrected chi connectivity index (χ4v) is 7.14. The number of nitrogens with one attached hydrogen (secondary N) is 1. The molecule has 0 aliphatic carbocycles. The molecule has 2 atom stereocenters. The van der Waals surface area contributed by atoms with Gasteiger partial charge in [-0.25, -0.2) is 4.79 Å². The molecular weight excluding hydrogens is 654 g/mol. The number of benzene rings is 3. The van der Waals surface area contributed by atoms with E-state index in [4.69, 9.17) is 16.3 Å². The van der Waals surface area contributed by atoms with Gasteiger partial charge in [-0.05, 0) is 67.6 Å². The van der Waals surface area contributed by atoms with Crippen LogP contribution in [0.5, 0.6) is 0 Å². The van der Waals surface area contributed by atoms with Crippen LogP contribution in [-0.2, 0) is 45.1 Å². The first kappa shape index (κ1) is 35.3. The quantitative estimate of drug-likeness (QED) is 0.347. The summed E-state index contributed by atoms with van der Waals surface area (Å²) in [6.45, 7) is 9.16. The molecule has 3 aromatic rings. The van der Waals surface area contributed by atoms with Crippen molar-refractivity contribution < 1.29 is 23.9 Å². The number of para-hydroxylation sites is 1. The van der Waals surface area contributed by atoms with E-state index < -0.39 is 29.7 Å². The third-order valence-electron chi connectivity index (χ3n) is 9.60. The van der Waals surface area contributed by atoms with Gasteiger partial charge in [0.15, 0.2) is 0 Å². The molecule has 0 aromatic heterocycles. The van der Waals surface area contributed by atoms with Gasteiger partial charge in [0.25, 0.3) is 0 Å². The normalized spacial score (nSPS) is 18.5. The fourth-order valence-electron chi connectivity index (χ4n) is 7.01. The van der Waals surface area contributed by atoms with Crippen molar-refractivity contribution in [1.82, 2.24) is 20.0 Å².